The molecule has 0 saturated heterocycles. The summed E-state index contributed by atoms with van der Waals surface area (Å²) in [7, 11) is 1.53. The molecule has 0 aliphatic heterocycles. The van der Waals surface area contributed by atoms with E-state index in [2.05, 4.69) is 10.6 Å². The lowest BCUT2D eigenvalue weighted by Crippen LogP contribution is -2.20. The van der Waals surface area contributed by atoms with Crippen LogP contribution in [0.3, 0.4) is 0 Å². The van der Waals surface area contributed by atoms with Gasteiger partial charge in [-0.2, -0.15) is 0 Å². The van der Waals surface area contributed by atoms with Crippen LogP contribution in [0.25, 0.3) is 0 Å². The predicted molar refractivity (Wildman–Crippen MR) is 123 cm³/mol. The van der Waals surface area contributed by atoms with Gasteiger partial charge in [0.2, 0.25) is 5.91 Å². The molecule has 0 saturated carbocycles. The fourth-order valence-electron chi connectivity index (χ4n) is 2.96. The topological polar surface area (TPSA) is 85.9 Å². The number of amides is 2. The van der Waals surface area contributed by atoms with Crippen molar-refractivity contribution in [3.05, 3.63) is 78.6 Å². The maximum Gasteiger partial charge on any atom is 0.262 e. The number of ether oxygens (including phenoxy) is 3. The number of halogens is 1. The minimum absolute atomic E-state index is 0.192. The van der Waals surface area contributed by atoms with Gasteiger partial charge in [-0.05, 0) is 48.9 Å². The van der Waals surface area contributed by atoms with Gasteiger partial charge < -0.3 is 24.8 Å². The molecule has 8 heteroatoms. The summed E-state index contributed by atoms with van der Waals surface area (Å²) >= 11 is 0. The Kier molecular flexibility index (Phi) is 8.64. The van der Waals surface area contributed by atoms with Crippen LogP contribution in [0.5, 0.6) is 17.2 Å². The van der Waals surface area contributed by atoms with Gasteiger partial charge in [0.1, 0.15) is 11.6 Å². The smallest absolute Gasteiger partial charge is 0.262 e. The number of anilines is 2. The molecule has 0 bridgehead atoms. The van der Waals surface area contributed by atoms with E-state index in [9.17, 15) is 14.0 Å². The standard InChI is InChI=1S/C25H25FN2O5/c1-31-22-11-2-3-12-23(22)33-17-25(30)28-20-9-5-8-19(16-20)27-24(29)13-6-14-32-21-10-4-7-18(26)15-21/h2-5,7-12,15-16H,6,13-14,17H2,1H3,(H,27,29)(H,28,30). The Bertz CT molecular complexity index is 1090. The van der Waals surface area contributed by atoms with Crippen molar-refractivity contribution >= 4 is 23.2 Å². The summed E-state index contributed by atoms with van der Waals surface area (Å²) in [6, 6.07) is 19.7. The maximum atomic E-state index is 13.1. The Hall–Kier alpha value is -4.07. The molecule has 0 heterocycles. The molecule has 7 nitrogen and oxygen atoms in total. The first-order valence-electron chi connectivity index (χ1n) is 10.4. The number of carbonyl (C=O) groups excluding carboxylic acids is 2. The molecule has 2 N–H and O–H groups in total. The Balaban J connectivity index is 1.42. The van der Waals surface area contributed by atoms with Crippen LogP contribution in [0.15, 0.2) is 72.8 Å². The van der Waals surface area contributed by atoms with E-state index in [0.717, 1.165) is 0 Å². The lowest BCUT2D eigenvalue weighted by atomic mass is 10.2. The summed E-state index contributed by atoms with van der Waals surface area (Å²) in [5.41, 5.74) is 1.07. The minimum Gasteiger partial charge on any atom is -0.493 e. The van der Waals surface area contributed by atoms with Crippen molar-refractivity contribution < 1.29 is 28.2 Å². The summed E-state index contributed by atoms with van der Waals surface area (Å²) in [5, 5.41) is 5.51. The Labute approximate surface area is 191 Å². The second-order valence-electron chi connectivity index (χ2n) is 7.03. The van der Waals surface area contributed by atoms with Crippen molar-refractivity contribution in [2.75, 3.05) is 31.0 Å². The third kappa shape index (κ3) is 7.84. The zero-order valence-corrected chi connectivity index (χ0v) is 18.2. The van der Waals surface area contributed by atoms with E-state index in [-0.39, 0.29) is 30.7 Å². The molecule has 0 spiro atoms. The molecule has 0 fully saturated rings. The van der Waals surface area contributed by atoms with E-state index in [0.29, 0.717) is 41.7 Å². The molecule has 3 aromatic rings. The first-order valence-corrected chi connectivity index (χ1v) is 10.4. The molecule has 172 valence electrons. The Morgan fingerprint density at radius 1 is 0.818 bits per heavy atom. The van der Waals surface area contributed by atoms with Crippen molar-refractivity contribution in [1.29, 1.82) is 0 Å². The third-order valence-electron chi connectivity index (χ3n) is 4.47. The number of benzene rings is 3. The summed E-state index contributed by atoms with van der Waals surface area (Å²) in [6.45, 7) is 0.0987. The van der Waals surface area contributed by atoms with Crippen LogP contribution in [0.2, 0.25) is 0 Å². The van der Waals surface area contributed by atoms with Crippen LogP contribution in [-0.4, -0.2) is 32.1 Å². The van der Waals surface area contributed by atoms with Crippen LogP contribution >= 0.6 is 0 Å². The van der Waals surface area contributed by atoms with Gasteiger partial charge in [-0.3, -0.25) is 9.59 Å². The molecule has 0 radical (unpaired) electrons. The summed E-state index contributed by atoms with van der Waals surface area (Å²) in [6.07, 6.45) is 0.706. The summed E-state index contributed by atoms with van der Waals surface area (Å²) in [5.74, 6) is 0.519. The van der Waals surface area contributed by atoms with Crippen molar-refractivity contribution in [2.45, 2.75) is 12.8 Å². The number of hydrogen-bond acceptors (Lipinski definition) is 5. The zero-order valence-electron chi connectivity index (χ0n) is 18.2. The molecule has 0 aromatic heterocycles. The van der Waals surface area contributed by atoms with Crippen molar-refractivity contribution in [3.63, 3.8) is 0 Å². The van der Waals surface area contributed by atoms with Gasteiger partial charge >= 0.3 is 0 Å². The highest BCUT2D eigenvalue weighted by Crippen LogP contribution is 2.25. The third-order valence-corrected chi connectivity index (χ3v) is 4.47. The van der Waals surface area contributed by atoms with Crippen LogP contribution < -0.4 is 24.8 Å². The molecule has 33 heavy (non-hydrogen) atoms. The van der Waals surface area contributed by atoms with Crippen molar-refractivity contribution in [1.82, 2.24) is 0 Å². The molecular weight excluding hydrogens is 427 g/mol. The highest BCUT2D eigenvalue weighted by Gasteiger charge is 2.09. The molecule has 0 unspecified atom stereocenters. The van der Waals surface area contributed by atoms with Gasteiger partial charge in [0.25, 0.3) is 5.91 Å². The van der Waals surface area contributed by atoms with Gasteiger partial charge in [0.15, 0.2) is 18.1 Å². The molecule has 0 atom stereocenters. The minimum atomic E-state index is -0.372. The number of para-hydroxylation sites is 2. The van der Waals surface area contributed by atoms with Crippen LogP contribution in [-0.2, 0) is 9.59 Å². The molecule has 3 rings (SSSR count). The van der Waals surface area contributed by atoms with E-state index in [1.807, 2.05) is 6.07 Å². The van der Waals surface area contributed by atoms with Gasteiger partial charge in [-0.15, -0.1) is 0 Å². The van der Waals surface area contributed by atoms with Gasteiger partial charge in [0.05, 0.1) is 13.7 Å². The monoisotopic (exact) mass is 452 g/mol. The van der Waals surface area contributed by atoms with Gasteiger partial charge in [-0.25, -0.2) is 4.39 Å². The maximum absolute atomic E-state index is 13.1. The van der Waals surface area contributed by atoms with E-state index < -0.39 is 0 Å². The van der Waals surface area contributed by atoms with Crippen LogP contribution in [0.1, 0.15) is 12.8 Å². The fourth-order valence-corrected chi connectivity index (χ4v) is 2.96. The number of methoxy groups -OCH3 is 1. The predicted octanol–water partition coefficient (Wildman–Crippen LogP) is 4.65. The SMILES string of the molecule is COc1ccccc1OCC(=O)Nc1cccc(NC(=O)CCCOc2cccc(F)c2)c1. The number of nitrogens with one attached hydrogen (secondary N) is 2. The van der Waals surface area contributed by atoms with Crippen LogP contribution in [0, 0.1) is 5.82 Å². The van der Waals surface area contributed by atoms with Crippen molar-refractivity contribution in [2.24, 2.45) is 0 Å². The van der Waals surface area contributed by atoms with E-state index in [1.54, 1.807) is 54.6 Å². The average Bonchev–Trinajstić information content (AvgIpc) is 2.81. The molecule has 0 aliphatic carbocycles. The lowest BCUT2D eigenvalue weighted by molar-refractivity contribution is -0.118. The number of carbonyl (C=O) groups is 2. The first kappa shape index (κ1) is 23.6. The van der Waals surface area contributed by atoms with Crippen molar-refractivity contribution in [3.8, 4) is 17.2 Å². The largest absolute Gasteiger partial charge is 0.493 e. The highest BCUT2D eigenvalue weighted by molar-refractivity contribution is 5.94. The molecule has 0 aliphatic rings. The lowest BCUT2D eigenvalue weighted by Gasteiger charge is -2.11. The highest BCUT2D eigenvalue weighted by atomic mass is 19.1. The molecule has 2 amide bonds. The number of rotatable bonds is 11. The zero-order chi connectivity index (χ0) is 23.5. The Morgan fingerprint density at radius 3 is 2.24 bits per heavy atom. The quantitative estimate of drug-likeness (QED) is 0.414. The van der Waals surface area contributed by atoms with Crippen LogP contribution in [0.4, 0.5) is 15.8 Å². The van der Waals surface area contributed by atoms with E-state index in [4.69, 9.17) is 14.2 Å². The average molecular weight is 452 g/mol. The molecular formula is C25H25FN2O5. The van der Waals surface area contributed by atoms with E-state index in [1.165, 1.54) is 19.2 Å². The summed E-state index contributed by atoms with van der Waals surface area (Å²) < 4.78 is 29.3. The summed E-state index contributed by atoms with van der Waals surface area (Å²) in [4.78, 5) is 24.4. The fraction of sp³-hybridized carbons (Fsp3) is 0.200. The second kappa shape index (κ2) is 12.1. The Morgan fingerprint density at radius 2 is 1.52 bits per heavy atom. The van der Waals surface area contributed by atoms with Gasteiger partial charge in [-0.1, -0.05) is 24.3 Å². The first-order chi connectivity index (χ1) is 16.0. The normalized spacial score (nSPS) is 10.2. The van der Waals surface area contributed by atoms with Gasteiger partial charge in [0, 0.05) is 23.9 Å². The molecule has 3 aromatic carbocycles. The number of hydrogen-bond donors (Lipinski definition) is 2. The van der Waals surface area contributed by atoms with E-state index >= 15 is 0 Å². The second-order valence-corrected chi connectivity index (χ2v) is 7.03.